The fourth-order valence-electron chi connectivity index (χ4n) is 3.35. The number of hydrogen-bond acceptors (Lipinski definition) is 7. The Kier molecular flexibility index (Phi) is 7.39. The normalized spacial score (nSPS) is 15.3. The Morgan fingerprint density at radius 3 is 2.62 bits per heavy atom. The van der Waals surface area contributed by atoms with Crippen LogP contribution >= 0.6 is 0 Å². The van der Waals surface area contributed by atoms with Crippen molar-refractivity contribution in [3.8, 4) is 11.6 Å². The number of aromatic nitrogens is 2. The topological polar surface area (TPSA) is 88.6 Å². The lowest BCUT2D eigenvalue weighted by atomic mass is 10.0. The molecule has 32 heavy (non-hydrogen) atoms. The zero-order valence-electron chi connectivity index (χ0n) is 18.1. The maximum atomic E-state index is 13.1. The molecule has 8 nitrogen and oxygen atoms in total. The second-order valence-electron chi connectivity index (χ2n) is 7.43. The summed E-state index contributed by atoms with van der Waals surface area (Å²) in [6.07, 6.45) is -2.21. The Hall–Kier alpha value is -3.08. The van der Waals surface area contributed by atoms with Gasteiger partial charge in [0.25, 0.3) is 5.91 Å². The standard InChI is InChI=1S/C21H26F3N5O3/c1-4-32-19-15(21(22,23)24)12-25-20(28-19)27-16-6-5-13(11-17(16)31-3)18(30)26-14-7-9-29(2)10-8-14/h5-6,11-12,14H,4,7-10H2,1-3H3,(H,26,30)(H,25,27,28). The Labute approximate surface area is 184 Å². The van der Waals surface area contributed by atoms with E-state index in [9.17, 15) is 18.0 Å². The fourth-order valence-corrected chi connectivity index (χ4v) is 3.35. The van der Waals surface area contributed by atoms with E-state index in [-0.39, 0.29) is 24.5 Å². The molecule has 2 N–H and O–H groups in total. The van der Waals surface area contributed by atoms with Gasteiger partial charge in [-0.2, -0.15) is 18.2 Å². The third-order valence-electron chi connectivity index (χ3n) is 5.10. The number of ether oxygens (including phenoxy) is 2. The van der Waals surface area contributed by atoms with E-state index < -0.39 is 17.6 Å². The van der Waals surface area contributed by atoms with Crippen molar-refractivity contribution in [2.45, 2.75) is 32.0 Å². The number of alkyl halides is 3. The molecule has 1 amide bonds. The first-order valence-electron chi connectivity index (χ1n) is 10.2. The SMILES string of the molecule is CCOc1nc(Nc2ccc(C(=O)NC3CCN(C)CC3)cc2OC)ncc1C(F)(F)F. The fraction of sp³-hybridized carbons (Fsp3) is 0.476. The van der Waals surface area contributed by atoms with Crippen LogP contribution in [0.1, 0.15) is 35.7 Å². The molecule has 0 unspecified atom stereocenters. The summed E-state index contributed by atoms with van der Waals surface area (Å²) in [5.74, 6) is -0.551. The zero-order chi connectivity index (χ0) is 23.3. The third-order valence-corrected chi connectivity index (χ3v) is 5.10. The van der Waals surface area contributed by atoms with Crippen LogP contribution in [0.25, 0.3) is 0 Å². The number of rotatable bonds is 7. The van der Waals surface area contributed by atoms with Crippen LogP contribution in [0, 0.1) is 0 Å². The summed E-state index contributed by atoms with van der Waals surface area (Å²) in [6, 6.07) is 4.85. The second-order valence-corrected chi connectivity index (χ2v) is 7.43. The number of anilines is 2. The molecule has 0 aliphatic carbocycles. The van der Waals surface area contributed by atoms with Crippen molar-refractivity contribution in [1.29, 1.82) is 0 Å². The Morgan fingerprint density at radius 1 is 1.28 bits per heavy atom. The first-order valence-corrected chi connectivity index (χ1v) is 10.2. The number of nitrogens with zero attached hydrogens (tertiary/aromatic N) is 3. The van der Waals surface area contributed by atoms with Gasteiger partial charge in [-0.05, 0) is 58.1 Å². The first kappa shape index (κ1) is 23.6. The molecule has 174 valence electrons. The minimum Gasteiger partial charge on any atom is -0.495 e. The molecule has 2 heterocycles. The maximum absolute atomic E-state index is 13.1. The molecule has 1 aliphatic rings. The van der Waals surface area contributed by atoms with E-state index in [2.05, 4.69) is 25.5 Å². The summed E-state index contributed by atoms with van der Waals surface area (Å²) in [5, 5.41) is 5.85. The van der Waals surface area contributed by atoms with E-state index in [1.165, 1.54) is 7.11 Å². The van der Waals surface area contributed by atoms with E-state index in [0.29, 0.717) is 23.2 Å². The van der Waals surface area contributed by atoms with Crippen molar-refractivity contribution in [1.82, 2.24) is 20.2 Å². The highest BCUT2D eigenvalue weighted by Gasteiger charge is 2.36. The first-order chi connectivity index (χ1) is 15.2. The van der Waals surface area contributed by atoms with Gasteiger partial charge in [-0.3, -0.25) is 4.79 Å². The number of hydrogen-bond donors (Lipinski definition) is 2. The Bertz CT molecular complexity index is 947. The van der Waals surface area contributed by atoms with Crippen molar-refractivity contribution < 1.29 is 27.4 Å². The van der Waals surface area contributed by atoms with Crippen LogP contribution < -0.4 is 20.1 Å². The highest BCUT2D eigenvalue weighted by molar-refractivity contribution is 5.95. The van der Waals surface area contributed by atoms with Crippen molar-refractivity contribution in [3.05, 3.63) is 35.5 Å². The van der Waals surface area contributed by atoms with E-state index in [4.69, 9.17) is 9.47 Å². The van der Waals surface area contributed by atoms with Crippen LogP contribution in [-0.4, -0.2) is 60.7 Å². The number of carbonyl (C=O) groups is 1. The number of methoxy groups -OCH3 is 1. The van der Waals surface area contributed by atoms with Crippen molar-refractivity contribution >= 4 is 17.5 Å². The lowest BCUT2D eigenvalue weighted by molar-refractivity contribution is -0.139. The van der Waals surface area contributed by atoms with Gasteiger partial charge in [-0.1, -0.05) is 0 Å². The summed E-state index contributed by atoms with van der Waals surface area (Å²) in [4.78, 5) is 22.4. The number of halogens is 3. The molecular formula is C21H26F3N5O3. The molecule has 11 heteroatoms. The number of likely N-dealkylation sites (tertiary alicyclic amines) is 1. The van der Waals surface area contributed by atoms with Crippen LogP contribution in [-0.2, 0) is 6.18 Å². The quantitative estimate of drug-likeness (QED) is 0.664. The largest absolute Gasteiger partial charge is 0.495 e. The average molecular weight is 453 g/mol. The molecular weight excluding hydrogens is 427 g/mol. The second kappa shape index (κ2) is 10.0. The van der Waals surface area contributed by atoms with Crippen molar-refractivity contribution in [2.75, 3.05) is 39.2 Å². The van der Waals surface area contributed by atoms with E-state index in [1.54, 1.807) is 25.1 Å². The molecule has 0 spiro atoms. The van der Waals surface area contributed by atoms with Gasteiger partial charge in [0.2, 0.25) is 11.8 Å². The van der Waals surface area contributed by atoms with E-state index >= 15 is 0 Å². The van der Waals surface area contributed by atoms with Crippen LogP contribution in [0.15, 0.2) is 24.4 Å². The number of amides is 1. The molecule has 1 aliphatic heterocycles. The van der Waals surface area contributed by atoms with Crippen LogP contribution in [0.5, 0.6) is 11.6 Å². The summed E-state index contributed by atoms with van der Waals surface area (Å²) in [7, 11) is 3.48. The molecule has 1 saturated heterocycles. The predicted octanol–water partition coefficient (Wildman–Crippen LogP) is 3.47. The highest BCUT2D eigenvalue weighted by atomic mass is 19.4. The monoisotopic (exact) mass is 453 g/mol. The van der Waals surface area contributed by atoms with E-state index in [0.717, 1.165) is 25.9 Å². The van der Waals surface area contributed by atoms with Crippen LogP contribution in [0.2, 0.25) is 0 Å². The smallest absolute Gasteiger partial charge is 0.423 e. The lowest BCUT2D eigenvalue weighted by Crippen LogP contribution is -2.43. The highest BCUT2D eigenvalue weighted by Crippen LogP contribution is 2.36. The van der Waals surface area contributed by atoms with Gasteiger partial charge in [-0.25, -0.2) is 4.98 Å². The maximum Gasteiger partial charge on any atom is 0.423 e. The van der Waals surface area contributed by atoms with Crippen molar-refractivity contribution in [2.24, 2.45) is 0 Å². The minimum atomic E-state index is -4.64. The predicted molar refractivity (Wildman–Crippen MR) is 112 cm³/mol. The van der Waals surface area contributed by atoms with E-state index in [1.807, 2.05) is 7.05 Å². The number of benzene rings is 1. The summed E-state index contributed by atoms with van der Waals surface area (Å²) < 4.78 is 49.7. The van der Waals surface area contributed by atoms with Gasteiger partial charge in [0.05, 0.1) is 19.4 Å². The Morgan fingerprint density at radius 2 is 2.00 bits per heavy atom. The van der Waals surface area contributed by atoms with Gasteiger partial charge in [-0.15, -0.1) is 0 Å². The molecule has 2 aromatic rings. The molecule has 3 rings (SSSR count). The van der Waals surface area contributed by atoms with Crippen LogP contribution in [0.3, 0.4) is 0 Å². The summed E-state index contributed by atoms with van der Waals surface area (Å²) >= 11 is 0. The number of piperidine rings is 1. The lowest BCUT2D eigenvalue weighted by Gasteiger charge is -2.29. The number of carbonyl (C=O) groups excluding carboxylic acids is 1. The minimum absolute atomic E-state index is 0.0178. The average Bonchev–Trinajstić information content (AvgIpc) is 2.75. The molecule has 0 radical (unpaired) electrons. The molecule has 1 aromatic carbocycles. The summed E-state index contributed by atoms with van der Waals surface area (Å²) in [5.41, 5.74) is -0.252. The summed E-state index contributed by atoms with van der Waals surface area (Å²) in [6.45, 7) is 3.43. The number of nitrogens with one attached hydrogen (secondary N) is 2. The molecule has 0 atom stereocenters. The van der Waals surface area contributed by atoms with Gasteiger partial charge < -0.3 is 25.0 Å². The van der Waals surface area contributed by atoms with Crippen LogP contribution in [0.4, 0.5) is 24.8 Å². The zero-order valence-corrected chi connectivity index (χ0v) is 18.1. The third kappa shape index (κ3) is 5.78. The van der Waals surface area contributed by atoms with Gasteiger partial charge in [0.15, 0.2) is 0 Å². The Balaban J connectivity index is 1.76. The molecule has 0 bridgehead atoms. The molecule has 0 saturated carbocycles. The van der Waals surface area contributed by atoms with Crippen molar-refractivity contribution in [3.63, 3.8) is 0 Å². The van der Waals surface area contributed by atoms with Gasteiger partial charge in [0, 0.05) is 17.8 Å². The molecule has 1 fully saturated rings. The van der Waals surface area contributed by atoms with Gasteiger partial charge in [0.1, 0.15) is 11.3 Å². The molecule has 1 aromatic heterocycles. The van der Waals surface area contributed by atoms with Gasteiger partial charge >= 0.3 is 6.18 Å².